The van der Waals surface area contributed by atoms with Gasteiger partial charge in [-0.1, -0.05) is 50.4 Å². The fourth-order valence-electron chi connectivity index (χ4n) is 5.41. The number of carbonyl (C=O) groups is 1. The molecule has 2 atom stereocenters. The minimum Gasteiger partial charge on any atom is -0.494 e. The van der Waals surface area contributed by atoms with Crippen LogP contribution in [-0.4, -0.2) is 40.9 Å². The standard InChI is InChI=1S/C31H32Cl2F2N4O3/c1-5-7-17(13-36-31(40)18-11-19-14-39(10-6-2)38-27(19)22(12-18)41-4)28-25(33)23-16(3)15-42-30(23)29(37-28)20-8-9-21(34)24(32)26(20)35/h8-9,11-12,14,16-17H,5-7,10,13,15H2,1-4H3,(H,36,40). The molecule has 11 heteroatoms. The van der Waals surface area contributed by atoms with Crippen LogP contribution >= 0.6 is 23.2 Å². The van der Waals surface area contributed by atoms with E-state index in [-0.39, 0.29) is 35.5 Å². The number of fused-ring (bicyclic) bond motifs is 2. The van der Waals surface area contributed by atoms with Gasteiger partial charge in [0, 0.05) is 53.2 Å². The first-order valence-electron chi connectivity index (χ1n) is 14.0. The third kappa shape index (κ3) is 5.52. The van der Waals surface area contributed by atoms with Gasteiger partial charge in [0.2, 0.25) is 0 Å². The monoisotopic (exact) mass is 616 g/mol. The van der Waals surface area contributed by atoms with Crippen molar-refractivity contribution in [2.75, 3.05) is 20.3 Å². The van der Waals surface area contributed by atoms with Gasteiger partial charge in [-0.25, -0.2) is 13.8 Å². The Balaban J connectivity index is 1.49. The molecular weight excluding hydrogens is 585 g/mol. The first-order valence-corrected chi connectivity index (χ1v) is 14.8. The summed E-state index contributed by atoms with van der Waals surface area (Å²) in [5, 5.41) is 8.22. The Kier molecular flexibility index (Phi) is 8.89. The summed E-state index contributed by atoms with van der Waals surface area (Å²) in [5.74, 6) is -1.56. The van der Waals surface area contributed by atoms with Crippen LogP contribution in [0, 0.1) is 11.6 Å². The molecule has 0 fully saturated rings. The molecule has 2 aromatic heterocycles. The number of nitrogens with zero attached hydrogens (tertiary/aromatic N) is 3. The molecule has 0 saturated heterocycles. The van der Waals surface area contributed by atoms with Gasteiger partial charge in [-0.3, -0.25) is 9.48 Å². The van der Waals surface area contributed by atoms with Crippen molar-refractivity contribution in [1.29, 1.82) is 0 Å². The highest BCUT2D eigenvalue weighted by Crippen LogP contribution is 2.48. The van der Waals surface area contributed by atoms with E-state index < -0.39 is 16.7 Å². The molecule has 5 rings (SSSR count). The predicted molar refractivity (Wildman–Crippen MR) is 160 cm³/mol. The third-order valence-corrected chi connectivity index (χ3v) is 8.25. The van der Waals surface area contributed by atoms with Crippen LogP contribution in [0.2, 0.25) is 10.0 Å². The van der Waals surface area contributed by atoms with Crippen LogP contribution in [0.4, 0.5) is 8.78 Å². The molecule has 0 saturated carbocycles. The zero-order valence-electron chi connectivity index (χ0n) is 23.9. The van der Waals surface area contributed by atoms with E-state index in [1.165, 1.54) is 6.07 Å². The molecule has 1 aliphatic heterocycles. The van der Waals surface area contributed by atoms with Gasteiger partial charge in [0.05, 0.1) is 24.4 Å². The fourth-order valence-corrected chi connectivity index (χ4v) is 6.04. The second-order valence-corrected chi connectivity index (χ2v) is 11.3. The first kappa shape index (κ1) is 30.0. The Morgan fingerprint density at radius 3 is 2.71 bits per heavy atom. The van der Waals surface area contributed by atoms with Crippen molar-refractivity contribution in [3.05, 3.63) is 69.0 Å². The summed E-state index contributed by atoms with van der Waals surface area (Å²) < 4.78 is 42.4. The normalized spacial score (nSPS) is 15.0. The maximum Gasteiger partial charge on any atom is 0.251 e. The number of benzene rings is 2. The average molecular weight is 618 g/mol. The maximum atomic E-state index is 15.2. The third-order valence-electron chi connectivity index (χ3n) is 7.50. The number of aryl methyl sites for hydroxylation is 1. The molecule has 1 N–H and O–H groups in total. The summed E-state index contributed by atoms with van der Waals surface area (Å²) in [6.45, 7) is 7.38. The lowest BCUT2D eigenvalue weighted by atomic mass is 9.93. The van der Waals surface area contributed by atoms with Gasteiger partial charge in [0.15, 0.2) is 11.6 Å². The van der Waals surface area contributed by atoms with E-state index in [0.29, 0.717) is 51.9 Å². The molecule has 0 radical (unpaired) electrons. The second kappa shape index (κ2) is 12.4. The SMILES string of the molecule is CCCC(CNC(=O)c1cc(OC)c2nn(CCC)cc2c1)c1nc(-c2ccc(F)c(Cl)c2F)c2c(c1Cl)C(C)CO2. The highest BCUT2D eigenvalue weighted by molar-refractivity contribution is 6.32. The van der Waals surface area contributed by atoms with E-state index in [1.807, 2.05) is 24.7 Å². The molecule has 4 aromatic rings. The van der Waals surface area contributed by atoms with Crippen molar-refractivity contribution in [2.24, 2.45) is 0 Å². The minimum absolute atomic E-state index is 0.0213. The number of aromatic nitrogens is 3. The van der Waals surface area contributed by atoms with Crippen LogP contribution in [0.5, 0.6) is 11.5 Å². The molecule has 0 spiro atoms. The lowest BCUT2D eigenvalue weighted by Crippen LogP contribution is -2.29. The Labute approximate surface area is 253 Å². The van der Waals surface area contributed by atoms with E-state index in [2.05, 4.69) is 17.3 Å². The number of nitrogens with one attached hydrogen (secondary N) is 1. The van der Waals surface area contributed by atoms with Gasteiger partial charge in [0.1, 0.15) is 27.8 Å². The van der Waals surface area contributed by atoms with Crippen molar-refractivity contribution < 1.29 is 23.0 Å². The first-order chi connectivity index (χ1) is 20.2. The number of hydrogen-bond donors (Lipinski definition) is 1. The Morgan fingerprint density at radius 1 is 1.21 bits per heavy atom. The van der Waals surface area contributed by atoms with Crippen LogP contribution in [0.25, 0.3) is 22.2 Å². The molecule has 1 amide bonds. The largest absolute Gasteiger partial charge is 0.494 e. The fraction of sp³-hybridized carbons (Fsp3) is 0.387. The Morgan fingerprint density at radius 2 is 2.00 bits per heavy atom. The van der Waals surface area contributed by atoms with E-state index in [0.717, 1.165) is 30.8 Å². The number of hydrogen-bond acceptors (Lipinski definition) is 5. The van der Waals surface area contributed by atoms with Crippen LogP contribution in [0.1, 0.15) is 73.5 Å². The van der Waals surface area contributed by atoms with E-state index in [4.69, 9.17) is 37.7 Å². The molecular formula is C31H32Cl2F2N4O3. The summed E-state index contributed by atoms with van der Waals surface area (Å²) in [4.78, 5) is 18.2. The topological polar surface area (TPSA) is 78.3 Å². The number of amides is 1. The Bertz CT molecular complexity index is 1660. The number of ether oxygens (including phenoxy) is 2. The number of methoxy groups -OCH3 is 1. The van der Waals surface area contributed by atoms with Gasteiger partial charge in [-0.15, -0.1) is 0 Å². The average Bonchev–Trinajstić information content (AvgIpc) is 3.57. The van der Waals surface area contributed by atoms with Crippen molar-refractivity contribution in [3.63, 3.8) is 0 Å². The molecule has 0 bridgehead atoms. The van der Waals surface area contributed by atoms with Crippen molar-refractivity contribution in [3.8, 4) is 22.8 Å². The summed E-state index contributed by atoms with van der Waals surface area (Å²) in [7, 11) is 1.55. The van der Waals surface area contributed by atoms with Crippen molar-refractivity contribution >= 4 is 40.0 Å². The second-order valence-electron chi connectivity index (χ2n) is 10.5. The van der Waals surface area contributed by atoms with Crippen LogP contribution in [0.15, 0.2) is 30.5 Å². The number of rotatable bonds is 10. The quantitative estimate of drug-likeness (QED) is 0.183. The van der Waals surface area contributed by atoms with E-state index >= 15 is 4.39 Å². The number of pyridine rings is 1. The Hall–Kier alpha value is -3.43. The van der Waals surface area contributed by atoms with Crippen LogP contribution in [-0.2, 0) is 6.54 Å². The molecule has 42 heavy (non-hydrogen) atoms. The maximum absolute atomic E-state index is 15.2. The zero-order valence-corrected chi connectivity index (χ0v) is 25.4. The van der Waals surface area contributed by atoms with Gasteiger partial charge >= 0.3 is 0 Å². The van der Waals surface area contributed by atoms with Gasteiger partial charge in [-0.2, -0.15) is 5.10 Å². The molecule has 2 aromatic carbocycles. The highest BCUT2D eigenvalue weighted by atomic mass is 35.5. The van der Waals surface area contributed by atoms with Crippen LogP contribution in [0.3, 0.4) is 0 Å². The lowest BCUT2D eigenvalue weighted by molar-refractivity contribution is 0.0950. The summed E-state index contributed by atoms with van der Waals surface area (Å²) in [5.41, 5.74) is 2.58. The van der Waals surface area contributed by atoms with Gasteiger partial charge in [0.25, 0.3) is 5.91 Å². The molecule has 0 aliphatic carbocycles. The molecule has 3 heterocycles. The number of halogens is 4. The molecule has 2 unspecified atom stereocenters. The summed E-state index contributed by atoms with van der Waals surface area (Å²) in [6.07, 6.45) is 4.26. The van der Waals surface area contributed by atoms with Crippen molar-refractivity contribution in [1.82, 2.24) is 20.1 Å². The van der Waals surface area contributed by atoms with Crippen molar-refractivity contribution in [2.45, 2.75) is 58.4 Å². The zero-order chi connectivity index (χ0) is 30.1. The van der Waals surface area contributed by atoms with Gasteiger partial charge in [-0.05, 0) is 37.1 Å². The van der Waals surface area contributed by atoms with E-state index in [1.54, 1.807) is 19.2 Å². The predicted octanol–water partition coefficient (Wildman–Crippen LogP) is 7.91. The lowest BCUT2D eigenvalue weighted by Gasteiger charge is -2.22. The van der Waals surface area contributed by atoms with E-state index in [9.17, 15) is 9.18 Å². The molecule has 7 nitrogen and oxygen atoms in total. The molecule has 222 valence electrons. The smallest absolute Gasteiger partial charge is 0.251 e. The highest BCUT2D eigenvalue weighted by Gasteiger charge is 2.33. The minimum atomic E-state index is -0.922. The summed E-state index contributed by atoms with van der Waals surface area (Å²) >= 11 is 12.8. The number of carbonyl (C=O) groups excluding carboxylic acids is 1. The van der Waals surface area contributed by atoms with Crippen LogP contribution < -0.4 is 14.8 Å². The molecule has 1 aliphatic rings. The van der Waals surface area contributed by atoms with Gasteiger partial charge < -0.3 is 14.8 Å². The summed E-state index contributed by atoms with van der Waals surface area (Å²) in [6, 6.07) is 5.86.